The van der Waals surface area contributed by atoms with Gasteiger partial charge in [0.25, 0.3) is 5.91 Å². The number of rotatable bonds is 5. The summed E-state index contributed by atoms with van der Waals surface area (Å²) in [6.45, 7) is 1.000. The molecule has 1 aromatic carbocycles. The first-order valence-electron chi connectivity index (χ1n) is 10.4. The predicted octanol–water partition coefficient (Wildman–Crippen LogP) is 3.92. The molecule has 0 unspecified atom stereocenters. The normalized spacial score (nSPS) is 15.2. The second-order valence-electron chi connectivity index (χ2n) is 7.98. The molecule has 0 aliphatic carbocycles. The van der Waals surface area contributed by atoms with Crippen LogP contribution in [-0.2, 0) is 11.3 Å². The van der Waals surface area contributed by atoms with Crippen LogP contribution < -0.4 is 5.32 Å². The van der Waals surface area contributed by atoms with Crippen LogP contribution in [0, 0.1) is 0 Å². The molecule has 1 N–H and O–H groups in total. The van der Waals surface area contributed by atoms with E-state index in [1.165, 1.54) is 4.90 Å². The molecule has 0 saturated carbocycles. The maximum atomic E-state index is 12.5. The fraction of sp³-hybridized carbons (Fsp3) is 0.348. The molecule has 168 valence electrons. The van der Waals surface area contributed by atoms with Crippen molar-refractivity contribution in [1.29, 1.82) is 0 Å². The van der Waals surface area contributed by atoms with Crippen molar-refractivity contribution in [2.24, 2.45) is 0 Å². The molecule has 1 aliphatic rings. The number of carbonyl (C=O) groups is 2. The third-order valence-electron chi connectivity index (χ3n) is 5.76. The second kappa shape index (κ2) is 9.02. The number of benzene rings is 1. The van der Waals surface area contributed by atoms with Crippen molar-refractivity contribution >= 4 is 17.5 Å². The minimum absolute atomic E-state index is 0.156. The number of piperidine rings is 1. The zero-order valence-electron chi connectivity index (χ0n) is 17.3. The number of hydrogen-bond donors (Lipinski definition) is 1. The highest BCUT2D eigenvalue weighted by atomic mass is 19.4. The van der Waals surface area contributed by atoms with Gasteiger partial charge in [0.15, 0.2) is 0 Å². The van der Waals surface area contributed by atoms with Crippen LogP contribution >= 0.6 is 0 Å². The smallest absolute Gasteiger partial charge is 0.348 e. The number of likely N-dealkylation sites (tertiary alicyclic amines) is 1. The average Bonchev–Trinajstić information content (AvgIpc) is 3.24. The summed E-state index contributed by atoms with van der Waals surface area (Å²) in [7, 11) is 0. The Morgan fingerprint density at radius 1 is 1.06 bits per heavy atom. The number of fused-ring (bicyclic) bond motifs is 1. The van der Waals surface area contributed by atoms with Crippen LogP contribution in [0.5, 0.6) is 0 Å². The molecule has 0 atom stereocenters. The summed E-state index contributed by atoms with van der Waals surface area (Å²) in [5, 5.41) is 2.90. The van der Waals surface area contributed by atoms with E-state index in [0.717, 1.165) is 16.8 Å². The van der Waals surface area contributed by atoms with Crippen molar-refractivity contribution in [2.75, 3.05) is 13.1 Å². The lowest BCUT2D eigenvalue weighted by atomic mass is 9.89. The summed E-state index contributed by atoms with van der Waals surface area (Å²) >= 11 is 0. The van der Waals surface area contributed by atoms with Crippen LogP contribution in [-0.4, -0.2) is 45.4 Å². The van der Waals surface area contributed by atoms with Gasteiger partial charge >= 0.3 is 6.18 Å². The third-order valence-corrected chi connectivity index (χ3v) is 5.76. The highest BCUT2D eigenvalue weighted by Gasteiger charge is 2.34. The monoisotopic (exact) mass is 444 g/mol. The lowest BCUT2D eigenvalue weighted by Gasteiger charge is -2.32. The Morgan fingerprint density at radius 3 is 2.47 bits per heavy atom. The van der Waals surface area contributed by atoms with Gasteiger partial charge < -0.3 is 14.6 Å². The molecule has 9 heteroatoms. The van der Waals surface area contributed by atoms with Crippen LogP contribution in [0.1, 0.15) is 46.7 Å². The summed E-state index contributed by atoms with van der Waals surface area (Å²) < 4.78 is 39.2. The van der Waals surface area contributed by atoms with Crippen LogP contribution in [0.2, 0.25) is 0 Å². The molecule has 1 saturated heterocycles. The van der Waals surface area contributed by atoms with E-state index in [-0.39, 0.29) is 11.8 Å². The van der Waals surface area contributed by atoms with Crippen molar-refractivity contribution in [1.82, 2.24) is 19.6 Å². The maximum absolute atomic E-state index is 12.5. The minimum Gasteiger partial charge on any atom is -0.348 e. The molecule has 3 aromatic rings. The lowest BCUT2D eigenvalue weighted by Crippen LogP contribution is -2.39. The lowest BCUT2D eigenvalue weighted by molar-refractivity contribution is -0.162. The first-order chi connectivity index (χ1) is 15.3. The summed E-state index contributed by atoms with van der Waals surface area (Å²) in [5.74, 6) is -0.898. The zero-order valence-corrected chi connectivity index (χ0v) is 17.3. The van der Waals surface area contributed by atoms with Gasteiger partial charge in [-0.2, -0.15) is 13.2 Å². The van der Waals surface area contributed by atoms with Crippen LogP contribution in [0.25, 0.3) is 5.65 Å². The Bertz CT molecular complexity index is 1100. The average molecular weight is 444 g/mol. The summed E-state index contributed by atoms with van der Waals surface area (Å²) in [5.41, 5.74) is 3.32. The van der Waals surface area contributed by atoms with Gasteiger partial charge in [0.05, 0.1) is 0 Å². The number of hydrogen-bond acceptors (Lipinski definition) is 3. The van der Waals surface area contributed by atoms with E-state index in [9.17, 15) is 22.8 Å². The predicted molar refractivity (Wildman–Crippen MR) is 112 cm³/mol. The van der Waals surface area contributed by atoms with Crippen LogP contribution in [0.4, 0.5) is 13.2 Å². The fourth-order valence-corrected chi connectivity index (χ4v) is 4.00. The highest BCUT2D eigenvalue weighted by Crippen LogP contribution is 2.29. The maximum Gasteiger partial charge on any atom is 0.397 e. The zero-order chi connectivity index (χ0) is 22.7. The topological polar surface area (TPSA) is 66.7 Å². The van der Waals surface area contributed by atoms with E-state index in [0.29, 0.717) is 38.0 Å². The van der Waals surface area contributed by atoms with Gasteiger partial charge in [-0.15, -0.1) is 0 Å². The largest absolute Gasteiger partial charge is 0.397 e. The third kappa shape index (κ3) is 5.27. The Hall–Kier alpha value is -3.36. The Kier molecular flexibility index (Phi) is 6.16. The molecule has 0 bridgehead atoms. The molecule has 32 heavy (non-hydrogen) atoms. The number of halogens is 3. The van der Waals surface area contributed by atoms with Crippen LogP contribution in [0.15, 0.2) is 55.0 Å². The first kappa shape index (κ1) is 21.9. The van der Waals surface area contributed by atoms with E-state index in [1.54, 1.807) is 18.3 Å². The molecular formula is C23H23F3N4O2. The van der Waals surface area contributed by atoms with E-state index < -0.39 is 18.5 Å². The number of aromatic nitrogens is 2. The summed E-state index contributed by atoms with van der Waals surface area (Å²) in [6, 6.07) is 11.1. The van der Waals surface area contributed by atoms with Gasteiger partial charge in [-0.25, -0.2) is 4.98 Å². The van der Waals surface area contributed by atoms with Gasteiger partial charge in [0.1, 0.15) is 12.1 Å². The summed E-state index contributed by atoms with van der Waals surface area (Å²) in [4.78, 5) is 29.7. The molecule has 1 fully saturated rings. The molecule has 2 amide bonds. The SMILES string of the molecule is O=C(NCc1ccn2ccnc2c1)c1ccc(C2CCN(C(=O)CC(F)(F)F)CC2)cc1. The van der Waals surface area contributed by atoms with Gasteiger partial charge in [-0.05, 0) is 54.2 Å². The van der Waals surface area contributed by atoms with Gasteiger partial charge in [0.2, 0.25) is 5.91 Å². The minimum atomic E-state index is -4.48. The summed E-state index contributed by atoms with van der Waals surface area (Å²) in [6.07, 6.45) is 0.776. The molecule has 0 radical (unpaired) electrons. The van der Waals surface area contributed by atoms with E-state index in [4.69, 9.17) is 0 Å². The fourth-order valence-electron chi connectivity index (χ4n) is 4.00. The van der Waals surface area contributed by atoms with Crippen molar-refractivity contribution in [3.05, 3.63) is 71.7 Å². The van der Waals surface area contributed by atoms with Gasteiger partial charge in [-0.3, -0.25) is 9.59 Å². The Morgan fingerprint density at radius 2 is 1.78 bits per heavy atom. The van der Waals surface area contributed by atoms with Crippen molar-refractivity contribution in [3.63, 3.8) is 0 Å². The quantitative estimate of drug-likeness (QED) is 0.649. The standard InChI is InChI=1S/C23H23F3N4O2/c24-23(25,26)14-21(31)30-10-6-18(7-11-30)17-1-3-19(4-2-17)22(32)28-15-16-5-9-29-12-8-27-20(29)13-16/h1-5,8-9,12-13,18H,6-7,10-11,14-15H2,(H,28,32). The van der Waals surface area contributed by atoms with E-state index in [1.807, 2.05) is 41.1 Å². The number of nitrogens with one attached hydrogen (secondary N) is 1. The first-order valence-corrected chi connectivity index (χ1v) is 10.4. The molecular weight excluding hydrogens is 421 g/mol. The van der Waals surface area contributed by atoms with Crippen LogP contribution in [0.3, 0.4) is 0 Å². The van der Waals surface area contributed by atoms with E-state index >= 15 is 0 Å². The molecule has 0 spiro atoms. The molecule has 6 nitrogen and oxygen atoms in total. The molecule has 4 rings (SSSR count). The van der Waals surface area contributed by atoms with Gasteiger partial charge in [-0.1, -0.05) is 12.1 Å². The van der Waals surface area contributed by atoms with Gasteiger partial charge in [0, 0.05) is 43.8 Å². The second-order valence-corrected chi connectivity index (χ2v) is 7.98. The number of imidazole rings is 1. The van der Waals surface area contributed by atoms with Crippen molar-refractivity contribution in [2.45, 2.75) is 37.9 Å². The number of amides is 2. The molecule has 2 aromatic heterocycles. The Balaban J connectivity index is 1.29. The highest BCUT2D eigenvalue weighted by molar-refractivity contribution is 5.94. The Labute approximate surface area is 183 Å². The number of carbonyl (C=O) groups excluding carboxylic acids is 2. The van der Waals surface area contributed by atoms with Crippen molar-refractivity contribution in [3.8, 4) is 0 Å². The molecule has 1 aliphatic heterocycles. The van der Waals surface area contributed by atoms with E-state index in [2.05, 4.69) is 10.3 Å². The number of alkyl halides is 3. The number of pyridine rings is 1. The number of nitrogens with zero attached hydrogens (tertiary/aromatic N) is 3. The van der Waals surface area contributed by atoms with Crippen molar-refractivity contribution < 1.29 is 22.8 Å². The molecule has 3 heterocycles.